The van der Waals surface area contributed by atoms with Gasteiger partial charge in [0.2, 0.25) is 22.4 Å². The first-order chi connectivity index (χ1) is 18.7. The highest BCUT2D eigenvalue weighted by Crippen LogP contribution is 2.23. The molecule has 39 heavy (non-hydrogen) atoms. The van der Waals surface area contributed by atoms with Crippen molar-refractivity contribution in [2.45, 2.75) is 11.4 Å². The summed E-state index contributed by atoms with van der Waals surface area (Å²) < 4.78 is 22.9. The molecule has 0 spiro atoms. The number of primary sulfonamides is 1. The molecule has 0 fully saturated rings. The van der Waals surface area contributed by atoms with Gasteiger partial charge in [0, 0.05) is 36.6 Å². The number of sulfonamides is 1. The molecular formula is C25H24N8O5S. The summed E-state index contributed by atoms with van der Waals surface area (Å²) >= 11 is 0. The second-order valence-electron chi connectivity index (χ2n) is 8.25. The van der Waals surface area contributed by atoms with Gasteiger partial charge in [-0.2, -0.15) is 0 Å². The third-order valence-electron chi connectivity index (χ3n) is 5.56. The fourth-order valence-corrected chi connectivity index (χ4v) is 4.08. The maximum Gasteiger partial charge on any atom is 0.287 e. The third-order valence-corrected chi connectivity index (χ3v) is 6.48. The zero-order chi connectivity index (χ0) is 27.8. The van der Waals surface area contributed by atoms with Gasteiger partial charge in [-0.15, -0.1) is 0 Å². The third kappa shape index (κ3) is 7.30. The number of hydrogen-bond donors (Lipinski definition) is 3. The highest BCUT2D eigenvalue weighted by molar-refractivity contribution is 7.89. The van der Waals surface area contributed by atoms with Crippen LogP contribution >= 0.6 is 0 Å². The van der Waals surface area contributed by atoms with Crippen LogP contribution in [0.1, 0.15) is 5.56 Å². The fraction of sp³-hybridized carbons (Fsp3) is 0.120. The first-order valence-corrected chi connectivity index (χ1v) is 13.1. The van der Waals surface area contributed by atoms with Gasteiger partial charge in [0.1, 0.15) is 12.0 Å². The van der Waals surface area contributed by atoms with Crippen molar-refractivity contribution in [3.63, 3.8) is 0 Å². The molecule has 4 N–H and O–H groups in total. The SMILES string of the molecule is NS(=O)(=O)c1ccc(CN(C=O)c2ccc(-c3ccnc(NCCNc4ccc([N+](=O)[O-])cn4)n3)cc2)cc1. The van der Waals surface area contributed by atoms with E-state index in [2.05, 4.69) is 25.6 Å². The second kappa shape index (κ2) is 12.1. The number of nitrogens with two attached hydrogens (primary N) is 1. The maximum atomic E-state index is 11.7. The van der Waals surface area contributed by atoms with E-state index in [-0.39, 0.29) is 17.1 Å². The van der Waals surface area contributed by atoms with Crippen LogP contribution in [-0.2, 0) is 21.4 Å². The molecule has 2 heterocycles. The van der Waals surface area contributed by atoms with Crippen LogP contribution in [-0.4, -0.2) is 47.8 Å². The number of carbonyl (C=O) groups is 1. The van der Waals surface area contributed by atoms with Gasteiger partial charge in [-0.25, -0.2) is 28.5 Å². The number of anilines is 3. The Morgan fingerprint density at radius 2 is 1.67 bits per heavy atom. The van der Waals surface area contributed by atoms with Gasteiger partial charge in [0.25, 0.3) is 5.69 Å². The van der Waals surface area contributed by atoms with E-state index in [0.29, 0.717) is 42.6 Å². The van der Waals surface area contributed by atoms with Gasteiger partial charge < -0.3 is 15.5 Å². The van der Waals surface area contributed by atoms with Crippen LogP contribution in [0.15, 0.2) is 84.0 Å². The number of rotatable bonds is 12. The molecule has 0 saturated heterocycles. The van der Waals surface area contributed by atoms with Crippen LogP contribution in [0.3, 0.4) is 0 Å². The number of nitrogens with one attached hydrogen (secondary N) is 2. The molecule has 13 nitrogen and oxygen atoms in total. The van der Waals surface area contributed by atoms with Gasteiger partial charge in [0.15, 0.2) is 0 Å². The van der Waals surface area contributed by atoms with Gasteiger partial charge in [-0.3, -0.25) is 14.9 Å². The summed E-state index contributed by atoms with van der Waals surface area (Å²) in [6.07, 6.45) is 3.53. The summed E-state index contributed by atoms with van der Waals surface area (Å²) in [4.78, 5) is 36.2. The Balaban J connectivity index is 1.34. The Bertz CT molecular complexity index is 1550. The Morgan fingerprint density at radius 1 is 0.949 bits per heavy atom. The predicted octanol–water partition coefficient (Wildman–Crippen LogP) is 2.78. The van der Waals surface area contributed by atoms with Crippen molar-refractivity contribution in [1.82, 2.24) is 15.0 Å². The number of amides is 1. The zero-order valence-corrected chi connectivity index (χ0v) is 21.3. The van der Waals surface area contributed by atoms with Crippen LogP contribution in [0.2, 0.25) is 0 Å². The molecule has 0 aliphatic carbocycles. The molecule has 4 rings (SSSR count). The van der Waals surface area contributed by atoms with Gasteiger partial charge >= 0.3 is 0 Å². The van der Waals surface area contributed by atoms with Gasteiger partial charge in [-0.1, -0.05) is 24.3 Å². The number of carbonyl (C=O) groups excluding carboxylic acids is 1. The number of pyridine rings is 1. The minimum absolute atomic E-state index is 0.00438. The van der Waals surface area contributed by atoms with Crippen molar-refractivity contribution in [3.05, 3.63) is 94.8 Å². The topological polar surface area (TPSA) is 186 Å². The predicted molar refractivity (Wildman–Crippen MR) is 145 cm³/mol. The Morgan fingerprint density at radius 3 is 2.28 bits per heavy atom. The van der Waals surface area contributed by atoms with Crippen molar-refractivity contribution >= 4 is 39.6 Å². The molecule has 2 aromatic carbocycles. The number of nitrogens with zero attached hydrogens (tertiary/aromatic N) is 5. The zero-order valence-electron chi connectivity index (χ0n) is 20.5. The molecular weight excluding hydrogens is 524 g/mol. The van der Waals surface area contributed by atoms with Crippen LogP contribution in [0, 0.1) is 10.1 Å². The molecule has 4 aromatic rings. The van der Waals surface area contributed by atoms with Crippen LogP contribution in [0.25, 0.3) is 11.3 Å². The molecule has 0 unspecified atom stereocenters. The quantitative estimate of drug-likeness (QED) is 0.103. The van der Waals surface area contributed by atoms with Crippen molar-refractivity contribution < 1.29 is 18.1 Å². The standard InChI is InChI=1S/C25H24N8O5S/c26-39(37,38)22-8-1-18(2-9-22)16-32(17-34)20-5-3-19(4-6-20)23-11-12-28-25(31-23)29-14-13-27-24-10-7-21(15-30-24)33(35)36/h1-12,15,17H,13-14,16H2,(H,27,30)(H2,26,37,38)(H,28,29,31). The Kier molecular flexibility index (Phi) is 8.38. The van der Waals surface area contributed by atoms with E-state index in [4.69, 9.17) is 5.14 Å². The fourth-order valence-electron chi connectivity index (χ4n) is 3.56. The van der Waals surface area contributed by atoms with Crippen molar-refractivity contribution in [3.8, 4) is 11.3 Å². The lowest BCUT2D eigenvalue weighted by molar-refractivity contribution is -0.385. The summed E-state index contributed by atoms with van der Waals surface area (Å²) in [6.45, 7) is 1.21. The molecule has 0 radical (unpaired) electrons. The molecule has 0 saturated carbocycles. The van der Waals surface area contributed by atoms with E-state index in [1.165, 1.54) is 35.4 Å². The lowest BCUT2D eigenvalue weighted by Gasteiger charge is -2.18. The number of hydrogen-bond acceptors (Lipinski definition) is 10. The number of nitro groups is 1. The smallest absolute Gasteiger partial charge is 0.287 e. The number of aromatic nitrogens is 3. The van der Waals surface area contributed by atoms with E-state index >= 15 is 0 Å². The average Bonchev–Trinajstić information content (AvgIpc) is 2.94. The monoisotopic (exact) mass is 548 g/mol. The summed E-state index contributed by atoms with van der Waals surface area (Å²) in [5.74, 6) is 0.939. The maximum absolute atomic E-state index is 11.7. The first kappa shape index (κ1) is 27.1. The lowest BCUT2D eigenvalue weighted by Crippen LogP contribution is -2.20. The molecule has 2 aromatic heterocycles. The summed E-state index contributed by atoms with van der Waals surface area (Å²) in [5, 5.41) is 22.0. The number of benzene rings is 2. The van der Waals surface area contributed by atoms with Crippen molar-refractivity contribution in [2.24, 2.45) is 5.14 Å². The largest absolute Gasteiger partial charge is 0.368 e. The molecule has 0 bridgehead atoms. The highest BCUT2D eigenvalue weighted by Gasteiger charge is 2.11. The minimum atomic E-state index is -3.78. The molecule has 200 valence electrons. The van der Waals surface area contributed by atoms with E-state index < -0.39 is 14.9 Å². The summed E-state index contributed by atoms with van der Waals surface area (Å²) in [6, 6.07) is 18.0. The second-order valence-corrected chi connectivity index (χ2v) is 9.81. The van der Waals surface area contributed by atoms with E-state index in [0.717, 1.165) is 11.1 Å². The first-order valence-electron chi connectivity index (χ1n) is 11.6. The van der Waals surface area contributed by atoms with Crippen LogP contribution in [0.4, 0.5) is 23.1 Å². The van der Waals surface area contributed by atoms with Gasteiger partial charge in [-0.05, 0) is 42.0 Å². The normalized spacial score (nSPS) is 11.0. The highest BCUT2D eigenvalue weighted by atomic mass is 32.2. The molecule has 14 heteroatoms. The molecule has 1 amide bonds. The minimum Gasteiger partial charge on any atom is -0.368 e. The average molecular weight is 549 g/mol. The Hall–Kier alpha value is -4.95. The molecule has 0 aliphatic rings. The van der Waals surface area contributed by atoms with E-state index in [1.54, 1.807) is 36.5 Å². The van der Waals surface area contributed by atoms with Crippen LogP contribution < -0.4 is 20.7 Å². The lowest BCUT2D eigenvalue weighted by atomic mass is 10.1. The molecule has 0 atom stereocenters. The molecule has 0 aliphatic heterocycles. The van der Waals surface area contributed by atoms with Crippen molar-refractivity contribution in [2.75, 3.05) is 28.6 Å². The van der Waals surface area contributed by atoms with E-state index in [9.17, 15) is 23.3 Å². The summed E-state index contributed by atoms with van der Waals surface area (Å²) in [5.41, 5.74) is 2.82. The summed E-state index contributed by atoms with van der Waals surface area (Å²) in [7, 11) is -3.78. The Labute approximate surface area is 223 Å². The van der Waals surface area contributed by atoms with Crippen LogP contribution in [0.5, 0.6) is 0 Å². The van der Waals surface area contributed by atoms with Gasteiger partial charge in [0.05, 0.1) is 22.1 Å². The van der Waals surface area contributed by atoms with E-state index in [1.807, 2.05) is 12.1 Å². The van der Waals surface area contributed by atoms with Crippen molar-refractivity contribution in [1.29, 1.82) is 0 Å².